The molecule has 0 fully saturated rings. The van der Waals surface area contributed by atoms with Gasteiger partial charge in [-0.15, -0.1) is 0 Å². The highest BCUT2D eigenvalue weighted by atomic mass is 15.1. The highest BCUT2D eigenvalue weighted by Gasteiger charge is 2.16. The van der Waals surface area contributed by atoms with E-state index >= 15 is 0 Å². The van der Waals surface area contributed by atoms with Crippen LogP contribution in [0.2, 0.25) is 0 Å². The molecule has 0 radical (unpaired) electrons. The number of nitrogens with zero attached hydrogens (tertiary/aromatic N) is 2. The second kappa shape index (κ2) is 5.16. The van der Waals surface area contributed by atoms with Crippen molar-refractivity contribution in [1.29, 1.82) is 5.26 Å². The van der Waals surface area contributed by atoms with E-state index in [-0.39, 0.29) is 0 Å². The lowest BCUT2D eigenvalue weighted by Gasteiger charge is -2.31. The SMILES string of the molecule is N#Cc1cccc(CN2CCCc3ccccc32)c1. The first-order chi connectivity index (χ1) is 9.36. The van der Waals surface area contributed by atoms with Gasteiger partial charge in [-0.2, -0.15) is 5.26 Å². The molecule has 2 aromatic carbocycles. The predicted octanol–water partition coefficient (Wildman–Crippen LogP) is 3.51. The van der Waals surface area contributed by atoms with Crippen molar-refractivity contribution in [3.63, 3.8) is 0 Å². The van der Waals surface area contributed by atoms with Crippen LogP contribution in [0.1, 0.15) is 23.1 Å². The first kappa shape index (κ1) is 11.8. The van der Waals surface area contributed by atoms with Gasteiger partial charge in [0, 0.05) is 18.8 Å². The molecule has 94 valence electrons. The molecule has 0 aromatic heterocycles. The molecule has 0 saturated heterocycles. The Hall–Kier alpha value is -2.27. The molecule has 0 atom stereocenters. The summed E-state index contributed by atoms with van der Waals surface area (Å²) < 4.78 is 0. The van der Waals surface area contributed by atoms with Gasteiger partial charge in [0.1, 0.15) is 0 Å². The van der Waals surface area contributed by atoms with Crippen LogP contribution in [-0.4, -0.2) is 6.54 Å². The fourth-order valence-electron chi connectivity index (χ4n) is 2.74. The number of anilines is 1. The van der Waals surface area contributed by atoms with E-state index in [1.807, 2.05) is 18.2 Å². The van der Waals surface area contributed by atoms with Crippen LogP contribution in [0.3, 0.4) is 0 Å². The number of fused-ring (bicyclic) bond motifs is 1. The first-order valence-electron chi connectivity index (χ1n) is 6.69. The fourth-order valence-corrected chi connectivity index (χ4v) is 2.74. The highest BCUT2D eigenvalue weighted by Crippen LogP contribution is 2.28. The fraction of sp³-hybridized carbons (Fsp3) is 0.235. The van der Waals surface area contributed by atoms with Crippen LogP contribution in [0.25, 0.3) is 0 Å². The summed E-state index contributed by atoms with van der Waals surface area (Å²) in [5, 5.41) is 8.96. The van der Waals surface area contributed by atoms with Gasteiger partial charge >= 0.3 is 0 Å². The van der Waals surface area contributed by atoms with Crippen molar-refractivity contribution >= 4 is 5.69 Å². The molecule has 1 aliphatic rings. The van der Waals surface area contributed by atoms with Gasteiger partial charge in [-0.05, 0) is 42.2 Å². The third-order valence-electron chi connectivity index (χ3n) is 3.64. The first-order valence-corrected chi connectivity index (χ1v) is 6.69. The molecule has 0 saturated carbocycles. The average Bonchev–Trinajstić information content (AvgIpc) is 2.48. The van der Waals surface area contributed by atoms with Crippen LogP contribution < -0.4 is 4.90 Å². The Morgan fingerprint density at radius 2 is 2.00 bits per heavy atom. The Labute approximate surface area is 113 Å². The molecule has 0 N–H and O–H groups in total. The molecule has 0 aliphatic carbocycles. The third-order valence-corrected chi connectivity index (χ3v) is 3.64. The standard InChI is InChI=1S/C17H16N2/c18-12-14-5-3-6-15(11-14)13-19-10-4-8-16-7-1-2-9-17(16)19/h1-3,5-7,9,11H,4,8,10,13H2. The maximum absolute atomic E-state index is 8.96. The minimum Gasteiger partial charge on any atom is -0.367 e. The molecule has 1 aliphatic heterocycles. The monoisotopic (exact) mass is 248 g/mol. The zero-order valence-corrected chi connectivity index (χ0v) is 10.8. The van der Waals surface area contributed by atoms with Crippen LogP contribution in [0.5, 0.6) is 0 Å². The summed E-state index contributed by atoms with van der Waals surface area (Å²) in [7, 11) is 0. The van der Waals surface area contributed by atoms with Gasteiger partial charge in [-0.3, -0.25) is 0 Å². The Bertz CT molecular complexity index is 625. The van der Waals surface area contributed by atoms with Gasteiger partial charge < -0.3 is 4.90 Å². The molecule has 0 bridgehead atoms. The summed E-state index contributed by atoms with van der Waals surface area (Å²) in [5.74, 6) is 0. The smallest absolute Gasteiger partial charge is 0.0991 e. The second-order valence-corrected chi connectivity index (χ2v) is 4.97. The lowest BCUT2D eigenvalue weighted by atomic mass is 10.0. The third kappa shape index (κ3) is 2.46. The summed E-state index contributed by atoms with van der Waals surface area (Å²) in [4.78, 5) is 2.41. The molecule has 1 heterocycles. The van der Waals surface area contributed by atoms with Gasteiger partial charge in [0.2, 0.25) is 0 Å². The Morgan fingerprint density at radius 1 is 1.11 bits per heavy atom. The number of hydrogen-bond donors (Lipinski definition) is 0. The Balaban J connectivity index is 1.86. The molecule has 19 heavy (non-hydrogen) atoms. The van der Waals surface area contributed by atoms with E-state index in [1.54, 1.807) is 0 Å². The number of benzene rings is 2. The Morgan fingerprint density at radius 3 is 2.89 bits per heavy atom. The lowest BCUT2D eigenvalue weighted by Crippen LogP contribution is -2.28. The second-order valence-electron chi connectivity index (χ2n) is 4.97. The molecule has 0 amide bonds. The van der Waals surface area contributed by atoms with Crippen molar-refractivity contribution in [1.82, 2.24) is 0 Å². The van der Waals surface area contributed by atoms with Crippen LogP contribution >= 0.6 is 0 Å². The summed E-state index contributed by atoms with van der Waals surface area (Å²) >= 11 is 0. The van der Waals surface area contributed by atoms with E-state index in [0.29, 0.717) is 0 Å². The predicted molar refractivity (Wildman–Crippen MR) is 77.0 cm³/mol. The quantitative estimate of drug-likeness (QED) is 0.813. The van der Waals surface area contributed by atoms with Gasteiger partial charge in [0.05, 0.1) is 11.6 Å². The molecule has 2 nitrogen and oxygen atoms in total. The van der Waals surface area contributed by atoms with Crippen molar-refractivity contribution in [3.8, 4) is 6.07 Å². The lowest BCUT2D eigenvalue weighted by molar-refractivity contribution is 0.691. The molecule has 3 rings (SSSR count). The van der Waals surface area contributed by atoms with Gasteiger partial charge in [-0.25, -0.2) is 0 Å². The summed E-state index contributed by atoms with van der Waals surface area (Å²) in [5.41, 5.74) is 4.72. The van der Waals surface area contributed by atoms with Crippen molar-refractivity contribution in [2.45, 2.75) is 19.4 Å². The number of rotatable bonds is 2. The number of hydrogen-bond acceptors (Lipinski definition) is 2. The van der Waals surface area contributed by atoms with Crippen LogP contribution in [0.15, 0.2) is 48.5 Å². The Kier molecular flexibility index (Phi) is 3.20. The zero-order valence-electron chi connectivity index (χ0n) is 10.8. The van der Waals surface area contributed by atoms with Crippen LogP contribution in [-0.2, 0) is 13.0 Å². The molecule has 2 aromatic rings. The van der Waals surface area contributed by atoms with Crippen molar-refractivity contribution in [2.24, 2.45) is 0 Å². The van der Waals surface area contributed by atoms with E-state index in [1.165, 1.54) is 29.7 Å². The van der Waals surface area contributed by atoms with Crippen molar-refractivity contribution < 1.29 is 0 Å². The number of nitriles is 1. The molecule has 0 spiro atoms. The van der Waals surface area contributed by atoms with E-state index in [0.717, 1.165) is 18.7 Å². The molecular weight excluding hydrogens is 232 g/mol. The van der Waals surface area contributed by atoms with E-state index in [9.17, 15) is 0 Å². The number of aryl methyl sites for hydroxylation is 1. The minimum atomic E-state index is 0.739. The van der Waals surface area contributed by atoms with Gasteiger partial charge in [-0.1, -0.05) is 30.3 Å². The topological polar surface area (TPSA) is 27.0 Å². The van der Waals surface area contributed by atoms with Crippen LogP contribution in [0.4, 0.5) is 5.69 Å². The highest BCUT2D eigenvalue weighted by molar-refractivity contribution is 5.55. The molecule has 2 heteroatoms. The van der Waals surface area contributed by atoms with Gasteiger partial charge in [0.25, 0.3) is 0 Å². The van der Waals surface area contributed by atoms with Crippen molar-refractivity contribution in [2.75, 3.05) is 11.4 Å². The average molecular weight is 248 g/mol. The maximum Gasteiger partial charge on any atom is 0.0991 e. The minimum absolute atomic E-state index is 0.739. The number of para-hydroxylation sites is 1. The summed E-state index contributed by atoms with van der Waals surface area (Å²) in [6.07, 6.45) is 2.37. The zero-order chi connectivity index (χ0) is 13.1. The van der Waals surface area contributed by atoms with E-state index in [2.05, 4.69) is 41.3 Å². The summed E-state index contributed by atoms with van der Waals surface area (Å²) in [6, 6.07) is 18.7. The molecule has 0 unspecified atom stereocenters. The van der Waals surface area contributed by atoms with Crippen molar-refractivity contribution in [3.05, 3.63) is 65.2 Å². The summed E-state index contributed by atoms with van der Waals surface area (Å²) in [6.45, 7) is 1.97. The van der Waals surface area contributed by atoms with Gasteiger partial charge in [0.15, 0.2) is 0 Å². The van der Waals surface area contributed by atoms with E-state index in [4.69, 9.17) is 5.26 Å². The van der Waals surface area contributed by atoms with Crippen LogP contribution in [0, 0.1) is 11.3 Å². The molecular formula is C17H16N2. The van der Waals surface area contributed by atoms with E-state index < -0.39 is 0 Å². The normalized spacial score (nSPS) is 13.7. The maximum atomic E-state index is 8.96. The largest absolute Gasteiger partial charge is 0.367 e.